The summed E-state index contributed by atoms with van der Waals surface area (Å²) in [5.41, 5.74) is 8.68. The van der Waals surface area contributed by atoms with Gasteiger partial charge in [-0.15, -0.1) is 0 Å². The molecule has 0 aliphatic carbocycles. The monoisotopic (exact) mass is 271 g/mol. The highest BCUT2D eigenvalue weighted by Gasteiger charge is 2.10. The van der Waals surface area contributed by atoms with Crippen molar-refractivity contribution >= 4 is 22.9 Å². The number of hydrogen-bond donors (Lipinski definition) is 1. The lowest BCUT2D eigenvalue weighted by Crippen LogP contribution is -2.24. The molecule has 1 aromatic heterocycles. The number of pyridine rings is 1. The highest BCUT2D eigenvalue weighted by molar-refractivity contribution is 7.80. The minimum Gasteiger partial charge on any atom is -0.388 e. The van der Waals surface area contributed by atoms with Crippen LogP contribution in [-0.2, 0) is 6.42 Å². The van der Waals surface area contributed by atoms with Crippen molar-refractivity contribution in [3.8, 4) is 0 Å². The predicted molar refractivity (Wildman–Crippen MR) is 83.5 cm³/mol. The highest BCUT2D eigenvalue weighted by atomic mass is 32.1. The zero-order valence-electron chi connectivity index (χ0n) is 10.9. The van der Waals surface area contributed by atoms with Crippen LogP contribution in [0.5, 0.6) is 0 Å². The van der Waals surface area contributed by atoms with E-state index in [0.29, 0.717) is 10.7 Å². The quantitative estimate of drug-likeness (QED) is 0.848. The number of nitrogens with zero attached hydrogens (tertiary/aromatic N) is 2. The van der Waals surface area contributed by atoms with Crippen LogP contribution < -0.4 is 10.6 Å². The summed E-state index contributed by atoms with van der Waals surface area (Å²) in [6, 6.07) is 14.3. The molecular weight excluding hydrogens is 254 g/mol. The lowest BCUT2D eigenvalue weighted by molar-refractivity contribution is 0.872. The van der Waals surface area contributed by atoms with Crippen molar-refractivity contribution < 1.29 is 0 Å². The molecule has 19 heavy (non-hydrogen) atoms. The van der Waals surface area contributed by atoms with E-state index in [4.69, 9.17) is 18.0 Å². The molecule has 98 valence electrons. The van der Waals surface area contributed by atoms with Crippen LogP contribution in [0, 0.1) is 0 Å². The molecule has 2 aromatic rings. The summed E-state index contributed by atoms with van der Waals surface area (Å²) in [5.74, 6) is 0. The predicted octanol–water partition coefficient (Wildman–Crippen LogP) is 2.39. The molecule has 0 saturated heterocycles. The van der Waals surface area contributed by atoms with E-state index in [9.17, 15) is 0 Å². The fraction of sp³-hybridized carbons (Fsp3) is 0.200. The fourth-order valence-electron chi connectivity index (χ4n) is 1.96. The number of rotatable bonds is 5. The van der Waals surface area contributed by atoms with E-state index >= 15 is 0 Å². The van der Waals surface area contributed by atoms with Crippen LogP contribution in [0.3, 0.4) is 0 Å². The molecule has 1 heterocycles. The Hall–Kier alpha value is -1.94. The van der Waals surface area contributed by atoms with Crippen molar-refractivity contribution in [3.05, 3.63) is 59.9 Å². The molecule has 0 aliphatic rings. The smallest absolute Gasteiger partial charge is 0.124 e. The van der Waals surface area contributed by atoms with Gasteiger partial charge >= 0.3 is 0 Å². The molecule has 0 bridgehead atoms. The van der Waals surface area contributed by atoms with Gasteiger partial charge in [0.15, 0.2) is 0 Å². The van der Waals surface area contributed by atoms with Crippen LogP contribution in [0.2, 0.25) is 0 Å². The van der Waals surface area contributed by atoms with Crippen molar-refractivity contribution in [1.29, 1.82) is 0 Å². The number of likely N-dealkylation sites (N-methyl/N-ethyl adjacent to an activating group) is 1. The summed E-state index contributed by atoms with van der Waals surface area (Å²) in [4.78, 5) is 6.72. The van der Waals surface area contributed by atoms with E-state index < -0.39 is 0 Å². The van der Waals surface area contributed by atoms with Crippen LogP contribution >= 0.6 is 12.2 Å². The first-order valence-corrected chi connectivity index (χ1v) is 6.59. The Bertz CT molecular complexity index is 554. The number of benzene rings is 1. The van der Waals surface area contributed by atoms with E-state index in [0.717, 1.165) is 18.7 Å². The maximum atomic E-state index is 5.70. The van der Waals surface area contributed by atoms with E-state index in [1.165, 1.54) is 5.56 Å². The number of nitrogens with two attached hydrogens (primary N) is 1. The Morgan fingerprint density at radius 2 is 1.95 bits per heavy atom. The van der Waals surface area contributed by atoms with Gasteiger partial charge in [0, 0.05) is 19.8 Å². The molecule has 0 aliphatic heterocycles. The van der Waals surface area contributed by atoms with Crippen molar-refractivity contribution in [2.75, 3.05) is 18.5 Å². The summed E-state index contributed by atoms with van der Waals surface area (Å²) < 4.78 is 0. The average molecular weight is 271 g/mol. The SMILES string of the molecule is CN(CCc1ccccc1)c1cccnc1C(N)=S. The van der Waals surface area contributed by atoms with E-state index in [-0.39, 0.29) is 0 Å². The molecule has 1 aromatic carbocycles. The van der Waals surface area contributed by atoms with Gasteiger partial charge < -0.3 is 10.6 Å². The Kier molecular flexibility index (Phi) is 4.47. The number of aromatic nitrogens is 1. The number of anilines is 1. The van der Waals surface area contributed by atoms with Gasteiger partial charge in [-0.25, -0.2) is 0 Å². The van der Waals surface area contributed by atoms with Gasteiger partial charge in [0.1, 0.15) is 10.7 Å². The zero-order valence-corrected chi connectivity index (χ0v) is 11.7. The largest absolute Gasteiger partial charge is 0.388 e. The van der Waals surface area contributed by atoms with Gasteiger partial charge in [-0.3, -0.25) is 4.98 Å². The molecule has 0 spiro atoms. The Labute approximate surface area is 119 Å². The van der Waals surface area contributed by atoms with Crippen LogP contribution in [0.15, 0.2) is 48.7 Å². The number of thiocarbonyl (C=S) groups is 1. The van der Waals surface area contributed by atoms with Crippen molar-refractivity contribution in [1.82, 2.24) is 4.98 Å². The highest BCUT2D eigenvalue weighted by Crippen LogP contribution is 2.17. The summed E-state index contributed by atoms with van der Waals surface area (Å²) in [7, 11) is 2.03. The third-order valence-electron chi connectivity index (χ3n) is 3.01. The maximum absolute atomic E-state index is 5.70. The first kappa shape index (κ1) is 13.5. The molecule has 2 N–H and O–H groups in total. The average Bonchev–Trinajstić information content (AvgIpc) is 2.46. The molecular formula is C15H17N3S. The lowest BCUT2D eigenvalue weighted by Gasteiger charge is -2.21. The van der Waals surface area contributed by atoms with Crippen molar-refractivity contribution in [2.45, 2.75) is 6.42 Å². The van der Waals surface area contributed by atoms with Crippen LogP contribution in [-0.4, -0.2) is 23.6 Å². The summed E-state index contributed by atoms with van der Waals surface area (Å²) >= 11 is 5.04. The van der Waals surface area contributed by atoms with Gasteiger partial charge in [-0.1, -0.05) is 42.5 Å². The van der Waals surface area contributed by atoms with Gasteiger partial charge in [-0.2, -0.15) is 0 Å². The zero-order chi connectivity index (χ0) is 13.7. The minimum atomic E-state index is 0.335. The summed E-state index contributed by atoms with van der Waals surface area (Å²) in [6.45, 7) is 0.894. The Balaban J connectivity index is 2.08. The molecule has 0 amide bonds. The standard InChI is InChI=1S/C15H17N3S/c1-18(11-9-12-6-3-2-4-7-12)13-8-5-10-17-14(13)15(16)19/h2-8,10H,9,11H2,1H3,(H2,16,19). The lowest BCUT2D eigenvalue weighted by atomic mass is 10.1. The first-order chi connectivity index (χ1) is 9.18. The van der Waals surface area contributed by atoms with Gasteiger partial charge in [-0.05, 0) is 24.1 Å². The van der Waals surface area contributed by atoms with E-state index in [1.54, 1.807) is 6.20 Å². The van der Waals surface area contributed by atoms with Gasteiger partial charge in [0.2, 0.25) is 0 Å². The minimum absolute atomic E-state index is 0.335. The van der Waals surface area contributed by atoms with Crippen molar-refractivity contribution in [2.24, 2.45) is 5.73 Å². The van der Waals surface area contributed by atoms with Crippen LogP contribution in [0.25, 0.3) is 0 Å². The molecule has 0 radical (unpaired) electrons. The second kappa shape index (κ2) is 6.29. The van der Waals surface area contributed by atoms with Crippen LogP contribution in [0.1, 0.15) is 11.3 Å². The molecule has 0 saturated carbocycles. The van der Waals surface area contributed by atoms with Crippen molar-refractivity contribution in [3.63, 3.8) is 0 Å². The molecule has 2 rings (SSSR count). The second-order valence-corrected chi connectivity index (χ2v) is 4.83. The topological polar surface area (TPSA) is 42.2 Å². The molecule has 4 heteroatoms. The van der Waals surface area contributed by atoms with Crippen LogP contribution in [0.4, 0.5) is 5.69 Å². The fourth-order valence-corrected chi connectivity index (χ4v) is 2.11. The molecule has 3 nitrogen and oxygen atoms in total. The van der Waals surface area contributed by atoms with E-state index in [1.807, 2.05) is 25.2 Å². The van der Waals surface area contributed by atoms with E-state index in [2.05, 4.69) is 34.1 Å². The van der Waals surface area contributed by atoms with Gasteiger partial charge in [0.05, 0.1) is 5.69 Å². The molecule has 0 fully saturated rings. The maximum Gasteiger partial charge on any atom is 0.124 e. The third-order valence-corrected chi connectivity index (χ3v) is 3.20. The summed E-state index contributed by atoms with van der Waals surface area (Å²) in [6.07, 6.45) is 2.69. The normalized spacial score (nSPS) is 10.2. The molecule has 0 unspecified atom stereocenters. The second-order valence-electron chi connectivity index (χ2n) is 4.39. The Morgan fingerprint density at radius 3 is 2.63 bits per heavy atom. The number of hydrogen-bond acceptors (Lipinski definition) is 3. The third kappa shape index (κ3) is 3.51. The van der Waals surface area contributed by atoms with Gasteiger partial charge in [0.25, 0.3) is 0 Å². The Morgan fingerprint density at radius 1 is 1.21 bits per heavy atom. The first-order valence-electron chi connectivity index (χ1n) is 6.18. The summed E-state index contributed by atoms with van der Waals surface area (Å²) in [5, 5.41) is 0. The molecule has 0 atom stereocenters.